The van der Waals surface area contributed by atoms with E-state index in [9.17, 15) is 19.5 Å². The molecule has 10 heteroatoms. The van der Waals surface area contributed by atoms with Crippen LogP contribution in [0.5, 0.6) is 5.75 Å². The molecule has 4 atom stereocenters. The van der Waals surface area contributed by atoms with Crippen LogP contribution in [0.3, 0.4) is 0 Å². The zero-order chi connectivity index (χ0) is 26.0. The number of aromatic hydroxyl groups is 1. The summed E-state index contributed by atoms with van der Waals surface area (Å²) < 4.78 is 24.2. The van der Waals surface area contributed by atoms with Crippen molar-refractivity contribution in [2.24, 2.45) is 0 Å². The highest BCUT2D eigenvalue weighted by molar-refractivity contribution is 6.35. The lowest BCUT2D eigenvalue weighted by molar-refractivity contribution is -0.239. The Morgan fingerprint density at radius 3 is 2.25 bits per heavy atom. The van der Waals surface area contributed by atoms with Gasteiger partial charge < -0.3 is 28.6 Å². The molecule has 0 bridgehead atoms. The van der Waals surface area contributed by atoms with Crippen molar-refractivity contribution in [1.29, 1.82) is 0 Å². The van der Waals surface area contributed by atoms with Crippen molar-refractivity contribution in [3.05, 3.63) is 64.8 Å². The fourth-order valence-electron chi connectivity index (χ4n) is 4.49. The van der Waals surface area contributed by atoms with Crippen LogP contribution in [0.2, 0.25) is 5.02 Å². The number of carbonyl (C=O) groups is 3. The van der Waals surface area contributed by atoms with Crippen molar-refractivity contribution in [1.82, 2.24) is 4.57 Å². The molecule has 1 fully saturated rings. The van der Waals surface area contributed by atoms with Gasteiger partial charge in [-0.15, -0.1) is 0 Å². The molecule has 1 aliphatic heterocycles. The topological polar surface area (TPSA) is 113 Å². The quantitative estimate of drug-likeness (QED) is 0.388. The lowest BCUT2D eigenvalue weighted by Gasteiger charge is -2.41. The van der Waals surface area contributed by atoms with E-state index in [1.165, 1.54) is 20.8 Å². The first-order chi connectivity index (χ1) is 17.1. The Morgan fingerprint density at radius 2 is 1.61 bits per heavy atom. The number of halogens is 1. The van der Waals surface area contributed by atoms with E-state index in [4.69, 9.17) is 30.5 Å². The maximum atomic E-state index is 12.1. The maximum absolute atomic E-state index is 12.1. The highest BCUT2D eigenvalue weighted by Crippen LogP contribution is 2.37. The van der Waals surface area contributed by atoms with Crippen LogP contribution in [0.25, 0.3) is 10.9 Å². The molecule has 0 aliphatic carbocycles. The summed E-state index contributed by atoms with van der Waals surface area (Å²) in [5.74, 6) is -1.66. The van der Waals surface area contributed by atoms with E-state index >= 15 is 0 Å². The molecule has 4 rings (SSSR count). The minimum absolute atomic E-state index is 0.0898. The van der Waals surface area contributed by atoms with Crippen LogP contribution in [0.4, 0.5) is 0 Å². The second kappa shape index (κ2) is 10.6. The van der Waals surface area contributed by atoms with Crippen molar-refractivity contribution in [2.45, 2.75) is 51.7 Å². The van der Waals surface area contributed by atoms with Crippen LogP contribution >= 0.6 is 11.6 Å². The molecule has 1 N–H and O–H groups in total. The van der Waals surface area contributed by atoms with E-state index in [-0.39, 0.29) is 12.4 Å². The van der Waals surface area contributed by atoms with Crippen LogP contribution in [0.1, 0.15) is 38.1 Å². The largest absolute Gasteiger partial charge is 0.508 e. The van der Waals surface area contributed by atoms with Crippen molar-refractivity contribution in [2.75, 3.05) is 6.61 Å². The number of phenols is 1. The number of aromatic nitrogens is 1. The fourth-order valence-corrected chi connectivity index (χ4v) is 4.78. The number of ether oxygens (including phenoxy) is 4. The van der Waals surface area contributed by atoms with Gasteiger partial charge in [0.2, 0.25) is 0 Å². The molecule has 1 saturated heterocycles. The number of rotatable bonds is 6. The van der Waals surface area contributed by atoms with E-state index in [1.807, 2.05) is 24.4 Å². The van der Waals surface area contributed by atoms with Crippen LogP contribution in [0, 0.1) is 0 Å². The number of nitrogens with zero attached hydrogens (tertiary/aromatic N) is 1. The van der Waals surface area contributed by atoms with Gasteiger partial charge in [-0.1, -0.05) is 29.8 Å². The van der Waals surface area contributed by atoms with Gasteiger partial charge in [0, 0.05) is 32.4 Å². The average molecular weight is 516 g/mol. The third-order valence-corrected chi connectivity index (χ3v) is 6.13. The van der Waals surface area contributed by atoms with Crippen molar-refractivity contribution in [3.8, 4) is 5.75 Å². The Kier molecular flexibility index (Phi) is 7.51. The minimum atomic E-state index is -1.11. The van der Waals surface area contributed by atoms with Crippen molar-refractivity contribution < 1.29 is 38.4 Å². The molecule has 1 aromatic heterocycles. The van der Waals surface area contributed by atoms with Gasteiger partial charge >= 0.3 is 17.9 Å². The smallest absolute Gasteiger partial charge is 0.303 e. The van der Waals surface area contributed by atoms with Gasteiger partial charge in [0.15, 0.2) is 24.5 Å². The Hall–Kier alpha value is -3.56. The van der Waals surface area contributed by atoms with Crippen molar-refractivity contribution >= 4 is 40.4 Å². The molecule has 0 unspecified atom stereocenters. The number of phenolic OH excluding ortho intramolecular Hbond substituents is 1. The van der Waals surface area contributed by atoms with Crippen LogP contribution in [-0.2, 0) is 39.8 Å². The van der Waals surface area contributed by atoms with E-state index < -0.39 is 42.4 Å². The summed E-state index contributed by atoms with van der Waals surface area (Å²) in [5.41, 5.74) is 2.53. The molecule has 0 saturated carbocycles. The van der Waals surface area contributed by atoms with Gasteiger partial charge in [-0.05, 0) is 41.8 Å². The zero-order valence-corrected chi connectivity index (χ0v) is 20.7. The Labute approximate surface area is 212 Å². The van der Waals surface area contributed by atoms with Crippen LogP contribution in [0.15, 0.2) is 48.7 Å². The lowest BCUT2D eigenvalue weighted by Crippen LogP contribution is -2.55. The predicted molar refractivity (Wildman–Crippen MR) is 130 cm³/mol. The normalized spacial score (nSPS) is 21.7. The van der Waals surface area contributed by atoms with Crippen LogP contribution in [-0.4, -0.2) is 52.5 Å². The number of carbonyl (C=O) groups excluding carboxylic acids is 3. The Morgan fingerprint density at radius 1 is 0.972 bits per heavy atom. The molecular formula is C26H26ClNO8. The highest BCUT2D eigenvalue weighted by Gasteiger charge is 2.48. The fraction of sp³-hybridized carbons (Fsp3) is 0.346. The summed E-state index contributed by atoms with van der Waals surface area (Å²) in [7, 11) is 0. The summed E-state index contributed by atoms with van der Waals surface area (Å²) in [5, 5.41) is 10.9. The summed E-state index contributed by atoms with van der Waals surface area (Å²) >= 11 is 6.60. The van der Waals surface area contributed by atoms with E-state index in [2.05, 4.69) is 0 Å². The molecule has 3 aromatic rings. The highest BCUT2D eigenvalue weighted by atomic mass is 35.5. The maximum Gasteiger partial charge on any atom is 0.303 e. The molecule has 0 radical (unpaired) electrons. The van der Waals surface area contributed by atoms with Crippen LogP contribution < -0.4 is 0 Å². The number of hydrogen-bond donors (Lipinski definition) is 1. The third-order valence-electron chi connectivity index (χ3n) is 5.81. The SMILES string of the molecule is CC(=O)O[C@@H]1[C@@H](OC(C)=O)[C@H](OC(C)=O)CO[C@H]1n1cc(Cc2ccc(O)cc2)c2c(Cl)cccc21. The third kappa shape index (κ3) is 5.47. The molecular weight excluding hydrogens is 490 g/mol. The second-order valence-corrected chi connectivity index (χ2v) is 8.97. The van der Waals surface area contributed by atoms with E-state index in [0.29, 0.717) is 17.0 Å². The summed E-state index contributed by atoms with van der Waals surface area (Å²) in [6.07, 6.45) is -1.72. The van der Waals surface area contributed by atoms with Gasteiger partial charge in [-0.25, -0.2) is 0 Å². The van der Waals surface area contributed by atoms with Gasteiger partial charge in [-0.2, -0.15) is 0 Å². The first kappa shape index (κ1) is 25.5. The van der Waals surface area contributed by atoms with E-state index in [0.717, 1.165) is 16.5 Å². The summed E-state index contributed by atoms with van der Waals surface area (Å²) in [6, 6.07) is 12.3. The lowest BCUT2D eigenvalue weighted by atomic mass is 10.0. The standard InChI is InChI=1S/C26H26ClNO8/c1-14(29)34-22-13-33-26(25(36-16(3)31)24(22)35-15(2)30)28-12-18(11-17-7-9-19(32)10-8-17)23-20(27)5-4-6-21(23)28/h4-10,12,22,24-26,32H,11,13H2,1-3H3/t22-,24+,25-,26-/m1/s1. The minimum Gasteiger partial charge on any atom is -0.508 e. The second-order valence-electron chi connectivity index (χ2n) is 8.56. The first-order valence-corrected chi connectivity index (χ1v) is 11.7. The number of benzene rings is 2. The molecule has 190 valence electrons. The predicted octanol–water partition coefficient (Wildman–Crippen LogP) is 3.92. The molecule has 36 heavy (non-hydrogen) atoms. The summed E-state index contributed by atoms with van der Waals surface area (Å²) in [6.45, 7) is 3.60. The van der Waals surface area contributed by atoms with Gasteiger partial charge in [0.1, 0.15) is 5.75 Å². The number of fused-ring (bicyclic) bond motifs is 1. The molecule has 0 spiro atoms. The molecule has 2 heterocycles. The summed E-state index contributed by atoms with van der Waals surface area (Å²) in [4.78, 5) is 35.7. The molecule has 1 aliphatic rings. The van der Waals surface area contributed by atoms with Gasteiger partial charge in [-0.3, -0.25) is 14.4 Å². The Bertz CT molecular complexity index is 1290. The number of hydrogen-bond acceptors (Lipinski definition) is 8. The molecule has 0 amide bonds. The van der Waals surface area contributed by atoms with Gasteiger partial charge in [0.05, 0.1) is 17.1 Å². The molecule has 2 aromatic carbocycles. The monoisotopic (exact) mass is 515 g/mol. The Balaban J connectivity index is 1.80. The van der Waals surface area contributed by atoms with Crippen molar-refractivity contribution in [3.63, 3.8) is 0 Å². The van der Waals surface area contributed by atoms with E-state index in [1.54, 1.807) is 28.8 Å². The molecule has 9 nitrogen and oxygen atoms in total. The number of esters is 3. The average Bonchev–Trinajstić information content (AvgIpc) is 3.16. The zero-order valence-electron chi connectivity index (χ0n) is 20.0. The van der Waals surface area contributed by atoms with Gasteiger partial charge in [0.25, 0.3) is 0 Å². The first-order valence-electron chi connectivity index (χ1n) is 11.3.